The summed E-state index contributed by atoms with van der Waals surface area (Å²) in [7, 11) is 0. The average Bonchev–Trinajstić information content (AvgIpc) is 2.05. The molecule has 1 rings (SSSR count). The number of nitrogens with one attached hydrogen (secondary N) is 1. The van der Waals surface area contributed by atoms with Gasteiger partial charge >= 0.3 is 0 Å². The zero-order chi connectivity index (χ0) is 8.97. The van der Waals surface area contributed by atoms with Crippen LogP contribution in [0.2, 0.25) is 0 Å². The first-order chi connectivity index (χ1) is 5.74. The number of hydrogen-bond donors (Lipinski definition) is 1. The van der Waals surface area contributed by atoms with Gasteiger partial charge in [0, 0.05) is 6.07 Å². The van der Waals surface area contributed by atoms with E-state index in [4.69, 9.17) is 10.1 Å². The number of rotatable bonds is 2. The van der Waals surface area contributed by atoms with E-state index in [0.29, 0.717) is 16.9 Å². The monoisotopic (exact) mass is 166 g/mol. The van der Waals surface area contributed by atoms with Crippen molar-refractivity contribution in [3.8, 4) is 0 Å². The lowest BCUT2D eigenvalue weighted by Crippen LogP contribution is -2.26. The van der Waals surface area contributed by atoms with Crippen molar-refractivity contribution in [3.05, 3.63) is 35.3 Å². The maximum absolute atomic E-state index is 10.8. The van der Waals surface area contributed by atoms with Gasteiger partial charge in [0.2, 0.25) is 5.90 Å². The van der Waals surface area contributed by atoms with E-state index in [1.165, 1.54) is 12.4 Å². The Morgan fingerprint density at radius 1 is 1.75 bits per heavy atom. The Bertz CT molecular complexity index is 286. The van der Waals surface area contributed by atoms with Crippen LogP contribution in [0.25, 0.3) is 0 Å². The minimum atomic E-state index is 0.0303. The molecule has 1 N–H and O–H groups in total. The third kappa shape index (κ3) is 1.95. The van der Waals surface area contributed by atoms with Crippen molar-refractivity contribution in [1.82, 2.24) is 0 Å². The van der Waals surface area contributed by atoms with Crippen LogP contribution in [0.1, 0.15) is 12.5 Å². The van der Waals surface area contributed by atoms with Crippen LogP contribution in [0, 0.1) is 10.6 Å². The summed E-state index contributed by atoms with van der Waals surface area (Å²) in [4.78, 5) is 0. The number of ether oxygens (including phenoxy) is 1. The number of hydrogen-bond acceptors (Lipinski definition) is 3. The molecule has 0 bridgehead atoms. The van der Waals surface area contributed by atoms with Crippen molar-refractivity contribution in [1.29, 1.82) is 5.41 Å². The van der Waals surface area contributed by atoms with Crippen LogP contribution in [0.15, 0.2) is 24.5 Å². The van der Waals surface area contributed by atoms with E-state index in [-0.39, 0.29) is 5.90 Å². The van der Waals surface area contributed by atoms with Gasteiger partial charge in [-0.2, -0.15) is 4.73 Å². The van der Waals surface area contributed by atoms with Crippen LogP contribution in [0.5, 0.6) is 0 Å². The molecule has 0 saturated carbocycles. The summed E-state index contributed by atoms with van der Waals surface area (Å²) in [6.07, 6.45) is 2.67. The fourth-order valence-electron chi connectivity index (χ4n) is 0.817. The van der Waals surface area contributed by atoms with Crippen molar-refractivity contribution in [3.63, 3.8) is 0 Å². The van der Waals surface area contributed by atoms with Gasteiger partial charge in [-0.3, -0.25) is 5.41 Å². The van der Waals surface area contributed by atoms with E-state index >= 15 is 0 Å². The first-order valence-electron chi connectivity index (χ1n) is 3.64. The summed E-state index contributed by atoms with van der Waals surface area (Å²) in [5.74, 6) is 0.0303. The van der Waals surface area contributed by atoms with Gasteiger partial charge in [0.1, 0.15) is 5.56 Å². The van der Waals surface area contributed by atoms with E-state index < -0.39 is 0 Å². The zero-order valence-corrected chi connectivity index (χ0v) is 6.78. The van der Waals surface area contributed by atoms with Crippen LogP contribution >= 0.6 is 0 Å². The van der Waals surface area contributed by atoms with Gasteiger partial charge in [-0.15, -0.1) is 0 Å². The third-order valence-corrected chi connectivity index (χ3v) is 1.33. The van der Waals surface area contributed by atoms with Gasteiger partial charge < -0.3 is 9.94 Å². The first kappa shape index (κ1) is 8.52. The molecule has 0 radical (unpaired) electrons. The molecule has 1 aromatic rings. The van der Waals surface area contributed by atoms with Gasteiger partial charge in [-0.1, -0.05) is 0 Å². The Morgan fingerprint density at radius 2 is 2.50 bits per heavy atom. The van der Waals surface area contributed by atoms with Crippen LogP contribution in [-0.4, -0.2) is 12.5 Å². The molecule has 0 amide bonds. The fourth-order valence-corrected chi connectivity index (χ4v) is 0.817. The quantitative estimate of drug-likeness (QED) is 0.304. The van der Waals surface area contributed by atoms with Crippen molar-refractivity contribution in [2.24, 2.45) is 0 Å². The highest BCUT2D eigenvalue weighted by Crippen LogP contribution is 1.96. The maximum Gasteiger partial charge on any atom is 0.219 e. The molecule has 0 aromatic carbocycles. The summed E-state index contributed by atoms with van der Waals surface area (Å²) in [5.41, 5.74) is 0.495. The summed E-state index contributed by atoms with van der Waals surface area (Å²) < 4.78 is 5.56. The molecule has 0 unspecified atom stereocenters. The Labute approximate surface area is 70.5 Å². The van der Waals surface area contributed by atoms with E-state index in [2.05, 4.69) is 0 Å². The Kier molecular flexibility index (Phi) is 2.63. The molecule has 0 aliphatic heterocycles. The summed E-state index contributed by atoms with van der Waals surface area (Å²) in [5, 5.41) is 18.1. The molecule has 0 fully saturated rings. The molecular formula is C8H10N2O2. The molecule has 1 aromatic heterocycles. The van der Waals surface area contributed by atoms with E-state index in [1.54, 1.807) is 19.1 Å². The number of pyridine rings is 1. The molecule has 12 heavy (non-hydrogen) atoms. The van der Waals surface area contributed by atoms with Crippen molar-refractivity contribution in [2.45, 2.75) is 6.92 Å². The van der Waals surface area contributed by atoms with Gasteiger partial charge in [0.15, 0.2) is 12.4 Å². The second-order valence-corrected chi connectivity index (χ2v) is 2.21. The highest BCUT2D eigenvalue weighted by Gasteiger charge is 2.03. The Hall–Kier alpha value is -1.58. The average molecular weight is 166 g/mol. The molecular weight excluding hydrogens is 156 g/mol. The van der Waals surface area contributed by atoms with Crippen molar-refractivity contribution in [2.75, 3.05) is 6.61 Å². The molecule has 64 valence electrons. The van der Waals surface area contributed by atoms with Crippen LogP contribution in [0.3, 0.4) is 0 Å². The minimum Gasteiger partial charge on any atom is -0.619 e. The fraction of sp³-hybridized carbons (Fsp3) is 0.250. The minimum absolute atomic E-state index is 0.0303. The zero-order valence-electron chi connectivity index (χ0n) is 6.78. The normalized spacial score (nSPS) is 9.42. The van der Waals surface area contributed by atoms with E-state index in [1.807, 2.05) is 0 Å². The molecule has 0 atom stereocenters. The molecule has 0 aliphatic rings. The van der Waals surface area contributed by atoms with Gasteiger partial charge in [0.25, 0.3) is 0 Å². The van der Waals surface area contributed by atoms with Crippen LogP contribution in [-0.2, 0) is 4.74 Å². The topological polar surface area (TPSA) is 60.0 Å². The lowest BCUT2D eigenvalue weighted by Gasteiger charge is -2.03. The van der Waals surface area contributed by atoms with Crippen molar-refractivity contribution >= 4 is 5.90 Å². The SMILES string of the molecule is CCOC(=N)c1ccc[n+]([O-])c1. The second kappa shape index (κ2) is 3.71. The van der Waals surface area contributed by atoms with Gasteiger partial charge in [0.05, 0.1) is 6.61 Å². The predicted molar refractivity (Wildman–Crippen MR) is 43.9 cm³/mol. The smallest absolute Gasteiger partial charge is 0.219 e. The summed E-state index contributed by atoms with van der Waals surface area (Å²) in [6, 6.07) is 3.24. The molecule has 4 heteroatoms. The van der Waals surface area contributed by atoms with E-state index in [0.717, 1.165) is 0 Å². The van der Waals surface area contributed by atoms with Crippen LogP contribution in [0.4, 0.5) is 0 Å². The van der Waals surface area contributed by atoms with Gasteiger partial charge in [-0.05, 0) is 13.0 Å². The number of nitrogens with zero attached hydrogens (tertiary/aromatic N) is 1. The Balaban J connectivity index is 2.81. The Morgan fingerprint density at radius 3 is 3.08 bits per heavy atom. The highest BCUT2D eigenvalue weighted by atomic mass is 16.5. The van der Waals surface area contributed by atoms with Crippen LogP contribution < -0.4 is 4.73 Å². The molecule has 0 saturated heterocycles. The standard InChI is InChI=1S/C8H10N2O2/c1-2-12-8(9)7-4-3-5-10(11)6-7/h3-6,9H,2H2,1H3. The second-order valence-electron chi connectivity index (χ2n) is 2.21. The lowest BCUT2D eigenvalue weighted by molar-refractivity contribution is -0.605. The van der Waals surface area contributed by atoms with Crippen molar-refractivity contribution < 1.29 is 9.47 Å². The lowest BCUT2D eigenvalue weighted by atomic mass is 10.3. The predicted octanol–water partition coefficient (Wildman–Crippen LogP) is 0.682. The largest absolute Gasteiger partial charge is 0.619 e. The third-order valence-electron chi connectivity index (χ3n) is 1.33. The maximum atomic E-state index is 10.8. The molecule has 0 spiro atoms. The first-order valence-corrected chi connectivity index (χ1v) is 3.64. The van der Waals surface area contributed by atoms with Gasteiger partial charge in [-0.25, -0.2) is 0 Å². The molecule has 1 heterocycles. The molecule has 0 aliphatic carbocycles. The summed E-state index contributed by atoms with van der Waals surface area (Å²) >= 11 is 0. The summed E-state index contributed by atoms with van der Waals surface area (Å²) in [6.45, 7) is 2.23. The number of aromatic nitrogens is 1. The molecule has 4 nitrogen and oxygen atoms in total. The van der Waals surface area contributed by atoms with E-state index in [9.17, 15) is 5.21 Å². The highest BCUT2D eigenvalue weighted by molar-refractivity contribution is 5.90.